The maximum atomic E-state index is 12.3. The van der Waals surface area contributed by atoms with Gasteiger partial charge in [0.1, 0.15) is 17.1 Å². The molecule has 1 aromatic heterocycles. The number of nitrogens with zero attached hydrogens (tertiary/aromatic N) is 2. The second-order valence-corrected chi connectivity index (χ2v) is 6.93. The van der Waals surface area contributed by atoms with Crippen molar-refractivity contribution in [1.29, 1.82) is 0 Å². The zero-order valence-corrected chi connectivity index (χ0v) is 16.2. The van der Waals surface area contributed by atoms with E-state index in [1.165, 1.54) is 19.4 Å². The first kappa shape index (κ1) is 19.4. The first-order chi connectivity index (χ1) is 14.5. The Hall–Kier alpha value is -3.88. The molecule has 0 unspecified atom stereocenters. The summed E-state index contributed by atoms with van der Waals surface area (Å²) in [6, 6.07) is 7.69. The van der Waals surface area contributed by atoms with Crippen LogP contribution in [0.3, 0.4) is 0 Å². The number of rotatable bonds is 5. The summed E-state index contributed by atoms with van der Waals surface area (Å²) in [5.41, 5.74) is 3.67. The number of phenolic OH excluding ortho intramolecular Hbond substituents is 1. The smallest absolute Gasteiger partial charge is 0.315 e. The number of aromatic hydroxyl groups is 1. The van der Waals surface area contributed by atoms with E-state index in [4.69, 9.17) is 9.15 Å². The molecular formula is C21H19N3O6. The zero-order valence-electron chi connectivity index (χ0n) is 16.2. The van der Waals surface area contributed by atoms with E-state index in [1.807, 2.05) is 0 Å². The van der Waals surface area contributed by atoms with Crippen molar-refractivity contribution in [3.05, 3.63) is 62.9 Å². The van der Waals surface area contributed by atoms with E-state index in [-0.39, 0.29) is 5.56 Å². The molecule has 1 heterocycles. The van der Waals surface area contributed by atoms with Crippen LogP contribution in [0.25, 0.3) is 11.0 Å². The number of aryl methyl sites for hydroxylation is 2. The van der Waals surface area contributed by atoms with Crippen molar-refractivity contribution in [3.63, 3.8) is 0 Å². The van der Waals surface area contributed by atoms with E-state index in [1.54, 1.807) is 24.3 Å². The number of benzene rings is 2. The SMILES string of the molecule is COc1ccc(C(=O)N/N=C\c2c(O)c([N+](=O)[O-])cc3oc4c(c23)CCCC4)cc1. The summed E-state index contributed by atoms with van der Waals surface area (Å²) in [5.74, 6) is 0.408. The third kappa shape index (κ3) is 3.45. The Morgan fingerprint density at radius 3 is 2.73 bits per heavy atom. The molecule has 0 aliphatic heterocycles. The van der Waals surface area contributed by atoms with Gasteiger partial charge in [0, 0.05) is 22.9 Å². The normalized spacial score (nSPS) is 13.4. The number of fused-ring (bicyclic) bond motifs is 3. The average Bonchev–Trinajstić information content (AvgIpc) is 3.13. The Kier molecular flexibility index (Phi) is 5.09. The van der Waals surface area contributed by atoms with Crippen LogP contribution in [0.4, 0.5) is 5.69 Å². The highest BCUT2D eigenvalue weighted by Crippen LogP contribution is 2.41. The highest BCUT2D eigenvalue weighted by Gasteiger charge is 2.27. The van der Waals surface area contributed by atoms with Gasteiger partial charge in [0.2, 0.25) is 5.75 Å². The van der Waals surface area contributed by atoms with Gasteiger partial charge in [-0.1, -0.05) is 0 Å². The summed E-state index contributed by atoms with van der Waals surface area (Å²) in [6.45, 7) is 0. The molecule has 0 radical (unpaired) electrons. The van der Waals surface area contributed by atoms with Crippen LogP contribution in [0.15, 0.2) is 39.9 Å². The van der Waals surface area contributed by atoms with Crippen molar-refractivity contribution in [1.82, 2.24) is 5.43 Å². The number of hydrogen-bond acceptors (Lipinski definition) is 7. The molecule has 0 fully saturated rings. The maximum absolute atomic E-state index is 12.3. The van der Waals surface area contributed by atoms with E-state index >= 15 is 0 Å². The number of phenols is 1. The molecule has 154 valence electrons. The highest BCUT2D eigenvalue weighted by atomic mass is 16.6. The summed E-state index contributed by atoms with van der Waals surface area (Å²) in [5, 5.41) is 26.4. The van der Waals surface area contributed by atoms with Crippen LogP contribution in [0.1, 0.15) is 40.1 Å². The van der Waals surface area contributed by atoms with Gasteiger partial charge >= 0.3 is 5.69 Å². The monoisotopic (exact) mass is 409 g/mol. The molecule has 9 nitrogen and oxygen atoms in total. The molecule has 1 aliphatic carbocycles. The molecule has 0 saturated heterocycles. The Bertz CT molecular complexity index is 1160. The maximum Gasteiger partial charge on any atom is 0.315 e. The summed E-state index contributed by atoms with van der Waals surface area (Å²) < 4.78 is 10.9. The van der Waals surface area contributed by atoms with Crippen LogP contribution in [-0.4, -0.2) is 29.3 Å². The summed E-state index contributed by atoms with van der Waals surface area (Å²) in [7, 11) is 1.53. The summed E-state index contributed by atoms with van der Waals surface area (Å²) in [4.78, 5) is 23.0. The molecule has 3 aromatic rings. The van der Waals surface area contributed by atoms with Gasteiger partial charge in [-0.05, 0) is 43.5 Å². The zero-order chi connectivity index (χ0) is 21.3. The lowest BCUT2D eigenvalue weighted by atomic mass is 9.93. The molecular weight excluding hydrogens is 390 g/mol. The van der Waals surface area contributed by atoms with Crippen LogP contribution in [0.5, 0.6) is 11.5 Å². The van der Waals surface area contributed by atoms with Crippen molar-refractivity contribution in [2.45, 2.75) is 25.7 Å². The summed E-state index contributed by atoms with van der Waals surface area (Å²) in [6.07, 6.45) is 4.64. The molecule has 0 saturated carbocycles. The van der Waals surface area contributed by atoms with Crippen LogP contribution < -0.4 is 10.2 Å². The van der Waals surface area contributed by atoms with E-state index in [2.05, 4.69) is 10.5 Å². The first-order valence-electron chi connectivity index (χ1n) is 9.41. The fraction of sp³-hybridized carbons (Fsp3) is 0.238. The lowest BCUT2D eigenvalue weighted by Crippen LogP contribution is -2.17. The molecule has 4 rings (SSSR count). The number of nitrogens with one attached hydrogen (secondary N) is 1. The van der Waals surface area contributed by atoms with Crippen LogP contribution in [0, 0.1) is 10.1 Å². The van der Waals surface area contributed by atoms with Gasteiger partial charge in [-0.25, -0.2) is 5.43 Å². The summed E-state index contributed by atoms with van der Waals surface area (Å²) >= 11 is 0. The second kappa shape index (κ2) is 7.86. The van der Waals surface area contributed by atoms with Gasteiger partial charge in [-0.15, -0.1) is 0 Å². The van der Waals surface area contributed by atoms with Crippen molar-refractivity contribution in [2.75, 3.05) is 7.11 Å². The van der Waals surface area contributed by atoms with Crippen LogP contribution in [0.2, 0.25) is 0 Å². The Morgan fingerprint density at radius 2 is 2.03 bits per heavy atom. The van der Waals surface area contributed by atoms with Gasteiger partial charge in [0.15, 0.2) is 0 Å². The molecule has 2 N–H and O–H groups in total. The average molecular weight is 409 g/mol. The van der Waals surface area contributed by atoms with Crippen molar-refractivity contribution in [3.8, 4) is 11.5 Å². The number of carbonyl (C=O) groups is 1. The van der Waals surface area contributed by atoms with E-state index in [0.29, 0.717) is 22.3 Å². The van der Waals surface area contributed by atoms with Crippen LogP contribution >= 0.6 is 0 Å². The Labute approximate surface area is 171 Å². The molecule has 0 atom stereocenters. The molecule has 2 aromatic carbocycles. The molecule has 1 amide bonds. The standard InChI is InChI=1S/C21H19N3O6/c1-29-13-8-6-12(7-9-13)21(26)23-22-11-15-19-14-4-2-3-5-17(14)30-18(19)10-16(20(15)25)24(27)28/h6-11,25H,2-5H2,1H3,(H,23,26)/b22-11-. The number of methoxy groups -OCH3 is 1. The second-order valence-electron chi connectivity index (χ2n) is 6.93. The van der Waals surface area contributed by atoms with Crippen molar-refractivity contribution >= 4 is 28.8 Å². The predicted octanol–water partition coefficient (Wildman–Crippen LogP) is 3.70. The number of carbonyl (C=O) groups excluding carboxylic acids is 1. The highest BCUT2D eigenvalue weighted by molar-refractivity contribution is 6.05. The number of hydrogen-bond donors (Lipinski definition) is 2. The van der Waals surface area contributed by atoms with Gasteiger partial charge in [-0.3, -0.25) is 14.9 Å². The van der Waals surface area contributed by atoms with Gasteiger partial charge < -0.3 is 14.3 Å². The minimum absolute atomic E-state index is 0.154. The number of furan rings is 1. The Morgan fingerprint density at radius 1 is 1.30 bits per heavy atom. The molecule has 0 bridgehead atoms. The minimum atomic E-state index is -0.677. The fourth-order valence-electron chi connectivity index (χ4n) is 3.66. The van der Waals surface area contributed by atoms with Gasteiger partial charge in [-0.2, -0.15) is 5.10 Å². The number of nitro benzene ring substituents is 1. The topological polar surface area (TPSA) is 127 Å². The van der Waals surface area contributed by atoms with E-state index in [9.17, 15) is 20.0 Å². The third-order valence-corrected chi connectivity index (χ3v) is 5.14. The lowest BCUT2D eigenvalue weighted by Gasteiger charge is -2.10. The van der Waals surface area contributed by atoms with Crippen molar-refractivity contribution < 1.29 is 24.0 Å². The van der Waals surface area contributed by atoms with Crippen LogP contribution in [-0.2, 0) is 12.8 Å². The number of hydrazone groups is 1. The van der Waals surface area contributed by atoms with Gasteiger partial charge in [0.05, 0.1) is 29.9 Å². The number of amides is 1. The largest absolute Gasteiger partial charge is 0.502 e. The van der Waals surface area contributed by atoms with E-state index in [0.717, 1.165) is 37.0 Å². The molecule has 30 heavy (non-hydrogen) atoms. The first-order valence-corrected chi connectivity index (χ1v) is 9.41. The quantitative estimate of drug-likeness (QED) is 0.376. The lowest BCUT2D eigenvalue weighted by molar-refractivity contribution is -0.385. The fourth-order valence-corrected chi connectivity index (χ4v) is 3.66. The van der Waals surface area contributed by atoms with Gasteiger partial charge in [0.25, 0.3) is 5.91 Å². The third-order valence-electron chi connectivity index (χ3n) is 5.14. The minimum Gasteiger partial charge on any atom is -0.502 e. The van der Waals surface area contributed by atoms with E-state index < -0.39 is 22.3 Å². The molecule has 9 heteroatoms. The van der Waals surface area contributed by atoms with Crippen molar-refractivity contribution in [2.24, 2.45) is 5.10 Å². The number of nitro groups is 1. The molecule has 0 spiro atoms. The Balaban J connectivity index is 1.69. The molecule has 1 aliphatic rings. The number of ether oxygens (including phenoxy) is 1. The predicted molar refractivity (Wildman–Crippen MR) is 109 cm³/mol.